The van der Waals surface area contributed by atoms with Gasteiger partial charge in [0.25, 0.3) is 0 Å². The van der Waals surface area contributed by atoms with E-state index in [4.69, 9.17) is 4.74 Å². The van der Waals surface area contributed by atoms with E-state index in [0.29, 0.717) is 30.5 Å². The molecule has 1 saturated heterocycles. The van der Waals surface area contributed by atoms with Crippen LogP contribution in [0.2, 0.25) is 0 Å². The Labute approximate surface area is 117 Å². The summed E-state index contributed by atoms with van der Waals surface area (Å²) in [6.45, 7) is 6.34. The van der Waals surface area contributed by atoms with Gasteiger partial charge in [-0.15, -0.1) is 0 Å². The molecule has 4 unspecified atom stereocenters. The normalized spacial score (nSPS) is 34.1. The van der Waals surface area contributed by atoms with Gasteiger partial charge in [-0.1, -0.05) is 12.8 Å². The largest absolute Gasteiger partial charge is 0.396 e. The summed E-state index contributed by atoms with van der Waals surface area (Å²) < 4.78 is 5.49. The molecule has 1 aliphatic heterocycles. The number of hydrogen-bond acceptors (Lipinski definition) is 4. The van der Waals surface area contributed by atoms with Crippen molar-refractivity contribution in [1.29, 1.82) is 0 Å². The SMILES string of the molecule is CC(CC1COCCN1)NCC1CCCCC1CO. The van der Waals surface area contributed by atoms with E-state index in [1.54, 1.807) is 0 Å². The highest BCUT2D eigenvalue weighted by Crippen LogP contribution is 2.29. The quantitative estimate of drug-likeness (QED) is 0.677. The average Bonchev–Trinajstić information content (AvgIpc) is 2.46. The Morgan fingerprint density at radius 2 is 2.11 bits per heavy atom. The third-order valence-electron chi connectivity index (χ3n) is 4.67. The number of ether oxygens (including phenoxy) is 1. The molecule has 4 nitrogen and oxygen atoms in total. The maximum atomic E-state index is 9.43. The van der Waals surface area contributed by atoms with E-state index in [-0.39, 0.29) is 0 Å². The number of aliphatic hydroxyl groups excluding tert-OH is 1. The summed E-state index contributed by atoms with van der Waals surface area (Å²) in [7, 11) is 0. The first kappa shape index (κ1) is 15.2. The predicted octanol–water partition coefficient (Wildman–Crippen LogP) is 1.14. The summed E-state index contributed by atoms with van der Waals surface area (Å²) in [5, 5.41) is 16.6. The minimum atomic E-state index is 0.360. The molecule has 0 aromatic rings. The molecule has 19 heavy (non-hydrogen) atoms. The Hall–Kier alpha value is -0.160. The molecule has 3 N–H and O–H groups in total. The highest BCUT2D eigenvalue weighted by atomic mass is 16.5. The number of nitrogens with one attached hydrogen (secondary N) is 2. The minimum absolute atomic E-state index is 0.360. The van der Waals surface area contributed by atoms with Gasteiger partial charge in [-0.2, -0.15) is 0 Å². The van der Waals surface area contributed by atoms with Gasteiger partial charge < -0.3 is 20.5 Å². The number of aliphatic hydroxyl groups is 1. The fraction of sp³-hybridized carbons (Fsp3) is 1.00. The van der Waals surface area contributed by atoms with Crippen LogP contribution in [0.15, 0.2) is 0 Å². The maximum Gasteiger partial charge on any atom is 0.0620 e. The zero-order valence-corrected chi connectivity index (χ0v) is 12.2. The van der Waals surface area contributed by atoms with Crippen molar-refractivity contribution in [3.05, 3.63) is 0 Å². The van der Waals surface area contributed by atoms with Gasteiger partial charge in [-0.3, -0.25) is 0 Å². The van der Waals surface area contributed by atoms with Crippen molar-refractivity contribution in [1.82, 2.24) is 10.6 Å². The Bertz CT molecular complexity index is 244. The molecule has 112 valence electrons. The van der Waals surface area contributed by atoms with E-state index in [2.05, 4.69) is 17.6 Å². The number of morpholine rings is 1. The summed E-state index contributed by atoms with van der Waals surface area (Å²) in [6.07, 6.45) is 6.22. The first-order chi connectivity index (χ1) is 9.29. The monoisotopic (exact) mass is 270 g/mol. The third-order valence-corrected chi connectivity index (χ3v) is 4.67. The van der Waals surface area contributed by atoms with Crippen LogP contribution in [-0.2, 0) is 4.74 Å². The molecule has 1 heterocycles. The molecule has 0 aromatic carbocycles. The molecular weight excluding hydrogens is 240 g/mol. The molecule has 2 rings (SSSR count). The van der Waals surface area contributed by atoms with E-state index in [1.807, 2.05) is 0 Å². The summed E-state index contributed by atoms with van der Waals surface area (Å²) >= 11 is 0. The van der Waals surface area contributed by atoms with Crippen molar-refractivity contribution in [2.24, 2.45) is 11.8 Å². The molecule has 2 fully saturated rings. The van der Waals surface area contributed by atoms with Crippen molar-refractivity contribution < 1.29 is 9.84 Å². The van der Waals surface area contributed by atoms with E-state index >= 15 is 0 Å². The lowest BCUT2D eigenvalue weighted by Crippen LogP contribution is -2.46. The highest BCUT2D eigenvalue weighted by molar-refractivity contribution is 4.80. The van der Waals surface area contributed by atoms with Crippen molar-refractivity contribution in [2.45, 2.75) is 51.1 Å². The molecule has 0 bridgehead atoms. The minimum Gasteiger partial charge on any atom is -0.396 e. The highest BCUT2D eigenvalue weighted by Gasteiger charge is 2.25. The molecule has 4 atom stereocenters. The summed E-state index contributed by atoms with van der Waals surface area (Å²) in [5.74, 6) is 1.18. The zero-order valence-electron chi connectivity index (χ0n) is 12.2. The van der Waals surface area contributed by atoms with Gasteiger partial charge in [0, 0.05) is 25.2 Å². The average molecular weight is 270 g/mol. The van der Waals surface area contributed by atoms with Crippen molar-refractivity contribution in [3.63, 3.8) is 0 Å². The van der Waals surface area contributed by atoms with Gasteiger partial charge in [0.15, 0.2) is 0 Å². The van der Waals surface area contributed by atoms with Gasteiger partial charge >= 0.3 is 0 Å². The lowest BCUT2D eigenvalue weighted by atomic mass is 9.79. The first-order valence-electron chi connectivity index (χ1n) is 7.95. The lowest BCUT2D eigenvalue weighted by molar-refractivity contribution is 0.0703. The molecule has 4 heteroatoms. The van der Waals surface area contributed by atoms with Crippen LogP contribution in [0.3, 0.4) is 0 Å². The Morgan fingerprint density at radius 3 is 2.79 bits per heavy atom. The Kier molecular flexibility index (Phi) is 6.57. The third kappa shape index (κ3) is 5.03. The van der Waals surface area contributed by atoms with E-state index in [0.717, 1.165) is 32.7 Å². The fourth-order valence-electron chi connectivity index (χ4n) is 3.43. The van der Waals surface area contributed by atoms with Gasteiger partial charge in [-0.05, 0) is 44.6 Å². The van der Waals surface area contributed by atoms with E-state index < -0.39 is 0 Å². The first-order valence-corrected chi connectivity index (χ1v) is 7.95. The smallest absolute Gasteiger partial charge is 0.0620 e. The van der Waals surface area contributed by atoms with Crippen LogP contribution >= 0.6 is 0 Å². The molecule has 1 aliphatic carbocycles. The topological polar surface area (TPSA) is 53.5 Å². The maximum absolute atomic E-state index is 9.43. The van der Waals surface area contributed by atoms with Crippen LogP contribution in [0.5, 0.6) is 0 Å². The predicted molar refractivity (Wildman–Crippen MR) is 77.2 cm³/mol. The molecule has 1 saturated carbocycles. The zero-order chi connectivity index (χ0) is 13.5. The van der Waals surface area contributed by atoms with Crippen LogP contribution in [0, 0.1) is 11.8 Å². The molecule has 0 radical (unpaired) electrons. The van der Waals surface area contributed by atoms with Crippen LogP contribution in [-0.4, -0.2) is 50.1 Å². The fourth-order valence-corrected chi connectivity index (χ4v) is 3.43. The van der Waals surface area contributed by atoms with Gasteiger partial charge in [0.2, 0.25) is 0 Å². The van der Waals surface area contributed by atoms with Crippen molar-refractivity contribution in [2.75, 3.05) is 32.9 Å². The molecule has 0 aromatic heterocycles. The molecule has 0 spiro atoms. The van der Waals surface area contributed by atoms with Gasteiger partial charge in [-0.25, -0.2) is 0 Å². The molecular formula is C15H30N2O2. The summed E-state index contributed by atoms with van der Waals surface area (Å²) in [5.41, 5.74) is 0. The molecule has 0 amide bonds. The van der Waals surface area contributed by atoms with E-state index in [1.165, 1.54) is 25.7 Å². The summed E-state index contributed by atoms with van der Waals surface area (Å²) in [6, 6.07) is 1.01. The lowest BCUT2D eigenvalue weighted by Gasteiger charge is -2.32. The Balaban J connectivity index is 1.65. The second-order valence-electron chi connectivity index (χ2n) is 6.26. The van der Waals surface area contributed by atoms with Crippen LogP contribution < -0.4 is 10.6 Å². The Morgan fingerprint density at radius 1 is 1.32 bits per heavy atom. The molecule has 2 aliphatic rings. The van der Waals surface area contributed by atoms with Gasteiger partial charge in [0.05, 0.1) is 13.2 Å². The van der Waals surface area contributed by atoms with Crippen LogP contribution in [0.4, 0.5) is 0 Å². The standard InChI is InChI=1S/C15H30N2O2/c1-12(8-15-11-19-7-6-16-15)17-9-13-4-2-3-5-14(13)10-18/h12-18H,2-11H2,1H3. The van der Waals surface area contributed by atoms with Crippen LogP contribution in [0.25, 0.3) is 0 Å². The van der Waals surface area contributed by atoms with Crippen LogP contribution in [0.1, 0.15) is 39.0 Å². The second-order valence-corrected chi connectivity index (χ2v) is 6.26. The van der Waals surface area contributed by atoms with Gasteiger partial charge in [0.1, 0.15) is 0 Å². The number of rotatable bonds is 6. The summed E-state index contributed by atoms with van der Waals surface area (Å²) in [4.78, 5) is 0. The second kappa shape index (κ2) is 8.20. The van der Waals surface area contributed by atoms with E-state index in [9.17, 15) is 5.11 Å². The van der Waals surface area contributed by atoms with Crippen molar-refractivity contribution in [3.8, 4) is 0 Å². The van der Waals surface area contributed by atoms with Crippen molar-refractivity contribution >= 4 is 0 Å². The number of hydrogen-bond donors (Lipinski definition) is 3.